The van der Waals surface area contributed by atoms with Gasteiger partial charge in [0.1, 0.15) is 6.61 Å². The molecule has 0 saturated carbocycles. The van der Waals surface area contributed by atoms with Crippen LogP contribution in [-0.2, 0) is 9.53 Å². The van der Waals surface area contributed by atoms with Crippen molar-refractivity contribution >= 4 is 23.2 Å². The van der Waals surface area contributed by atoms with Gasteiger partial charge in [0.25, 0.3) is 12.3 Å². The van der Waals surface area contributed by atoms with Crippen molar-refractivity contribution in [1.29, 1.82) is 0 Å². The molecule has 1 aromatic heterocycles. The average molecular weight is 304 g/mol. The van der Waals surface area contributed by atoms with Crippen molar-refractivity contribution < 1.29 is 23.1 Å². The van der Waals surface area contributed by atoms with E-state index < -0.39 is 12.3 Å². The molecule has 20 heavy (non-hydrogen) atoms. The number of ether oxygens (including phenoxy) is 1. The first-order valence-corrected chi connectivity index (χ1v) is 6.84. The second-order valence-electron chi connectivity index (χ2n) is 4.41. The number of carbonyl (C=O) groups excluding carboxylic acids is 2. The number of hydrogen-bond donors (Lipinski definition) is 1. The number of hydrogen-bond acceptors (Lipinski definition) is 4. The number of rotatable bonds is 5. The number of nitrogens with one attached hydrogen (secondary N) is 1. The van der Waals surface area contributed by atoms with Crippen LogP contribution in [0.5, 0.6) is 0 Å². The third kappa shape index (κ3) is 3.13. The number of alkyl halides is 2. The van der Waals surface area contributed by atoms with E-state index in [9.17, 15) is 18.4 Å². The van der Waals surface area contributed by atoms with Crippen LogP contribution in [-0.4, -0.2) is 49.6 Å². The molecule has 0 atom stereocenters. The van der Waals surface area contributed by atoms with Gasteiger partial charge in [0.05, 0.1) is 16.5 Å². The summed E-state index contributed by atoms with van der Waals surface area (Å²) in [6.45, 7) is 0.615. The molecule has 1 fully saturated rings. The van der Waals surface area contributed by atoms with Gasteiger partial charge in [-0.2, -0.15) is 0 Å². The van der Waals surface area contributed by atoms with E-state index in [-0.39, 0.29) is 29.0 Å². The van der Waals surface area contributed by atoms with E-state index in [1.54, 1.807) is 0 Å². The summed E-state index contributed by atoms with van der Waals surface area (Å²) in [5, 5.41) is 4.16. The van der Waals surface area contributed by atoms with Gasteiger partial charge in [-0.1, -0.05) is 0 Å². The van der Waals surface area contributed by atoms with Crippen molar-refractivity contribution in [3.8, 4) is 0 Å². The molecule has 1 N–H and O–H groups in total. The van der Waals surface area contributed by atoms with E-state index in [0.717, 1.165) is 11.3 Å². The quantitative estimate of drug-likeness (QED) is 0.891. The molecule has 0 aliphatic carbocycles. The van der Waals surface area contributed by atoms with E-state index >= 15 is 0 Å². The van der Waals surface area contributed by atoms with E-state index in [1.807, 2.05) is 0 Å². The molecule has 110 valence electrons. The van der Waals surface area contributed by atoms with Crippen molar-refractivity contribution in [3.05, 3.63) is 21.9 Å². The smallest absolute Gasteiger partial charge is 0.273 e. The Balaban J connectivity index is 1.88. The van der Waals surface area contributed by atoms with Crippen LogP contribution in [0.15, 0.2) is 11.4 Å². The summed E-state index contributed by atoms with van der Waals surface area (Å²) in [5.41, 5.74) is 0.0478. The summed E-state index contributed by atoms with van der Waals surface area (Å²) in [5.74, 6) is -0.674. The van der Waals surface area contributed by atoms with Crippen LogP contribution in [0, 0.1) is 0 Å². The molecule has 0 unspecified atom stereocenters. The van der Waals surface area contributed by atoms with Crippen molar-refractivity contribution in [2.24, 2.45) is 0 Å². The SMILES string of the molecule is COCC(=O)NC1CN(C(=O)c2ccsc2C(F)F)C1. The monoisotopic (exact) mass is 304 g/mol. The Kier molecular flexibility index (Phi) is 4.66. The van der Waals surface area contributed by atoms with Crippen LogP contribution < -0.4 is 5.32 Å². The number of amides is 2. The summed E-state index contributed by atoms with van der Waals surface area (Å²) in [6.07, 6.45) is -2.65. The highest BCUT2D eigenvalue weighted by Gasteiger charge is 2.34. The van der Waals surface area contributed by atoms with E-state index in [1.165, 1.54) is 23.5 Å². The minimum absolute atomic E-state index is 0.0372. The summed E-state index contributed by atoms with van der Waals surface area (Å²) in [6, 6.07) is 1.26. The molecule has 2 rings (SSSR count). The number of likely N-dealkylation sites (tertiary alicyclic amines) is 1. The van der Waals surface area contributed by atoms with E-state index in [4.69, 9.17) is 0 Å². The molecule has 1 saturated heterocycles. The molecule has 5 nitrogen and oxygen atoms in total. The Bertz CT molecular complexity index is 501. The summed E-state index contributed by atoms with van der Waals surface area (Å²) < 4.78 is 30.1. The summed E-state index contributed by atoms with van der Waals surface area (Å²) >= 11 is 0.872. The summed E-state index contributed by atoms with van der Waals surface area (Å²) in [7, 11) is 1.42. The lowest BCUT2D eigenvalue weighted by atomic mass is 10.1. The van der Waals surface area contributed by atoms with Crippen LogP contribution in [0.1, 0.15) is 21.7 Å². The zero-order chi connectivity index (χ0) is 14.7. The normalized spacial score (nSPS) is 15.3. The Hall–Kier alpha value is -1.54. The number of thiophene rings is 1. The molecular weight excluding hydrogens is 290 g/mol. The lowest BCUT2D eigenvalue weighted by Crippen LogP contribution is -2.61. The minimum atomic E-state index is -2.65. The third-order valence-corrected chi connectivity index (χ3v) is 3.86. The van der Waals surface area contributed by atoms with Gasteiger partial charge >= 0.3 is 0 Å². The minimum Gasteiger partial charge on any atom is -0.375 e. The molecule has 2 heterocycles. The Labute approximate surface area is 118 Å². The first-order chi connectivity index (χ1) is 9.52. The highest BCUT2D eigenvalue weighted by Crippen LogP contribution is 2.30. The van der Waals surface area contributed by atoms with Gasteiger partial charge in [0.2, 0.25) is 5.91 Å². The molecule has 1 aliphatic heterocycles. The number of carbonyl (C=O) groups is 2. The van der Waals surface area contributed by atoms with E-state index in [2.05, 4.69) is 10.1 Å². The van der Waals surface area contributed by atoms with E-state index in [0.29, 0.717) is 13.1 Å². The van der Waals surface area contributed by atoms with Gasteiger partial charge in [0.15, 0.2) is 0 Å². The highest BCUT2D eigenvalue weighted by atomic mass is 32.1. The molecular formula is C12H14F2N2O3S. The lowest BCUT2D eigenvalue weighted by Gasteiger charge is -2.39. The molecule has 0 aromatic carbocycles. The first kappa shape index (κ1) is 14.9. The maximum atomic E-state index is 12.7. The maximum Gasteiger partial charge on any atom is 0.273 e. The van der Waals surface area contributed by atoms with Crippen molar-refractivity contribution in [3.63, 3.8) is 0 Å². The second-order valence-corrected chi connectivity index (χ2v) is 5.35. The Morgan fingerprint density at radius 1 is 1.55 bits per heavy atom. The topological polar surface area (TPSA) is 58.6 Å². The van der Waals surface area contributed by atoms with Crippen LogP contribution in [0.2, 0.25) is 0 Å². The predicted octanol–water partition coefficient (Wildman–Crippen LogP) is 1.27. The maximum absolute atomic E-state index is 12.7. The fraction of sp³-hybridized carbons (Fsp3) is 0.500. The van der Waals surface area contributed by atoms with Crippen LogP contribution in [0.4, 0.5) is 8.78 Å². The first-order valence-electron chi connectivity index (χ1n) is 5.96. The lowest BCUT2D eigenvalue weighted by molar-refractivity contribution is -0.126. The van der Waals surface area contributed by atoms with Gasteiger partial charge in [-0.15, -0.1) is 11.3 Å². The van der Waals surface area contributed by atoms with Crippen LogP contribution >= 0.6 is 11.3 Å². The summed E-state index contributed by atoms with van der Waals surface area (Å²) in [4.78, 5) is 24.5. The Morgan fingerprint density at radius 3 is 2.85 bits per heavy atom. The molecule has 0 bridgehead atoms. The third-order valence-electron chi connectivity index (χ3n) is 2.93. The molecule has 2 amide bonds. The molecule has 8 heteroatoms. The standard InChI is InChI=1S/C12H14F2N2O3S/c1-19-6-9(17)15-7-4-16(5-7)12(18)8-2-3-20-10(8)11(13)14/h2-3,7,11H,4-6H2,1H3,(H,15,17). The van der Waals surface area contributed by atoms with Crippen molar-refractivity contribution in [1.82, 2.24) is 10.2 Å². The molecule has 0 radical (unpaired) electrons. The fourth-order valence-electron chi connectivity index (χ4n) is 1.97. The van der Waals surface area contributed by atoms with Gasteiger partial charge in [-0.05, 0) is 11.4 Å². The number of methoxy groups -OCH3 is 1. The van der Waals surface area contributed by atoms with Gasteiger partial charge in [-0.25, -0.2) is 8.78 Å². The van der Waals surface area contributed by atoms with Gasteiger partial charge < -0.3 is 15.0 Å². The average Bonchev–Trinajstić information content (AvgIpc) is 2.82. The largest absolute Gasteiger partial charge is 0.375 e. The molecule has 1 aromatic rings. The Morgan fingerprint density at radius 2 is 2.25 bits per heavy atom. The van der Waals surface area contributed by atoms with Crippen LogP contribution in [0.3, 0.4) is 0 Å². The van der Waals surface area contributed by atoms with Crippen molar-refractivity contribution in [2.45, 2.75) is 12.5 Å². The number of nitrogens with zero attached hydrogens (tertiary/aromatic N) is 1. The van der Waals surface area contributed by atoms with Crippen molar-refractivity contribution in [2.75, 3.05) is 26.8 Å². The van der Waals surface area contributed by atoms with Gasteiger partial charge in [-0.3, -0.25) is 9.59 Å². The fourth-order valence-corrected chi connectivity index (χ4v) is 2.71. The zero-order valence-corrected chi connectivity index (χ0v) is 11.6. The molecule has 1 aliphatic rings. The zero-order valence-electron chi connectivity index (χ0n) is 10.8. The molecule has 0 spiro atoms. The second kappa shape index (κ2) is 6.27. The number of halogens is 2. The predicted molar refractivity (Wildman–Crippen MR) is 69.0 cm³/mol. The highest BCUT2D eigenvalue weighted by molar-refractivity contribution is 7.10. The van der Waals surface area contributed by atoms with Crippen LogP contribution in [0.25, 0.3) is 0 Å². The van der Waals surface area contributed by atoms with Gasteiger partial charge in [0, 0.05) is 20.2 Å².